The monoisotopic (exact) mass is 312 g/mol. The third-order valence-electron chi connectivity index (χ3n) is 3.19. The lowest BCUT2D eigenvalue weighted by atomic mass is 10.2. The maximum Gasteiger partial charge on any atom is 0.247 e. The highest BCUT2D eigenvalue weighted by Gasteiger charge is 2.10. The van der Waals surface area contributed by atoms with Crippen LogP contribution in [-0.4, -0.2) is 35.4 Å². The van der Waals surface area contributed by atoms with E-state index in [2.05, 4.69) is 25.5 Å². The molecule has 1 amide bonds. The lowest BCUT2D eigenvalue weighted by Crippen LogP contribution is -2.20. The minimum absolute atomic E-state index is 0.0880. The Balaban J connectivity index is 1.72. The van der Waals surface area contributed by atoms with E-state index in [0.717, 1.165) is 11.3 Å². The number of aryl methyl sites for hydroxylation is 2. The molecule has 0 radical (unpaired) electrons. The Kier molecular flexibility index (Phi) is 3.75. The quantitative estimate of drug-likeness (QED) is 0.728. The van der Waals surface area contributed by atoms with E-state index in [1.807, 2.05) is 13.0 Å². The van der Waals surface area contributed by atoms with Gasteiger partial charge in [0, 0.05) is 30.6 Å². The number of anilines is 2. The first-order valence-corrected chi connectivity index (χ1v) is 6.93. The molecule has 0 bridgehead atoms. The molecule has 9 heteroatoms. The lowest BCUT2D eigenvalue weighted by molar-refractivity contribution is -0.116. The van der Waals surface area contributed by atoms with E-state index in [-0.39, 0.29) is 18.4 Å². The van der Waals surface area contributed by atoms with Crippen LogP contribution in [-0.2, 0) is 18.4 Å². The van der Waals surface area contributed by atoms with Crippen LogP contribution in [0.15, 0.2) is 30.7 Å². The summed E-state index contributed by atoms with van der Waals surface area (Å²) in [6.07, 6.45) is 4.99. The third kappa shape index (κ3) is 3.34. The summed E-state index contributed by atoms with van der Waals surface area (Å²) >= 11 is 0. The molecule has 3 heterocycles. The second-order valence-corrected chi connectivity index (χ2v) is 5.07. The van der Waals surface area contributed by atoms with Gasteiger partial charge in [-0.3, -0.25) is 14.2 Å². The second-order valence-electron chi connectivity index (χ2n) is 5.07. The molecule has 0 atom stereocenters. The van der Waals surface area contributed by atoms with Gasteiger partial charge in [0.1, 0.15) is 12.4 Å². The molecule has 0 aliphatic carbocycles. The predicted molar refractivity (Wildman–Crippen MR) is 84.2 cm³/mol. The van der Waals surface area contributed by atoms with Crippen LogP contribution in [0.1, 0.15) is 5.69 Å². The Morgan fingerprint density at radius 1 is 1.35 bits per heavy atom. The first kappa shape index (κ1) is 14.7. The fourth-order valence-electron chi connectivity index (χ4n) is 2.15. The summed E-state index contributed by atoms with van der Waals surface area (Å²) in [5, 5.41) is 10.9. The summed E-state index contributed by atoms with van der Waals surface area (Å²) in [5.41, 5.74) is 7.87. The van der Waals surface area contributed by atoms with Gasteiger partial charge >= 0.3 is 0 Å². The van der Waals surface area contributed by atoms with Gasteiger partial charge < -0.3 is 11.1 Å². The van der Waals surface area contributed by atoms with Gasteiger partial charge in [0.15, 0.2) is 0 Å². The van der Waals surface area contributed by atoms with Crippen molar-refractivity contribution in [1.29, 1.82) is 0 Å². The van der Waals surface area contributed by atoms with Crippen LogP contribution in [0.3, 0.4) is 0 Å². The highest BCUT2D eigenvalue weighted by atomic mass is 16.2. The molecule has 3 aromatic rings. The number of aromatic nitrogens is 6. The molecule has 0 aliphatic rings. The van der Waals surface area contributed by atoms with E-state index in [1.165, 1.54) is 4.68 Å². The highest BCUT2D eigenvalue weighted by molar-refractivity contribution is 5.89. The molecule has 0 spiro atoms. The molecule has 0 aromatic carbocycles. The maximum absolute atomic E-state index is 12.0. The number of nitrogens with one attached hydrogen (secondary N) is 1. The Bertz CT molecular complexity index is 830. The molecule has 0 aliphatic heterocycles. The average Bonchev–Trinajstić information content (AvgIpc) is 3.08. The van der Waals surface area contributed by atoms with E-state index >= 15 is 0 Å². The summed E-state index contributed by atoms with van der Waals surface area (Å²) in [5.74, 6) is 0.643. The summed E-state index contributed by atoms with van der Waals surface area (Å²) in [7, 11) is 1.75. The second kappa shape index (κ2) is 5.87. The minimum Gasteiger partial charge on any atom is -0.368 e. The standard InChI is InChI=1S/C14H16N8O/c1-9-5-11(19-14(15)18-9)10-6-17-22(7-10)8-13(23)20-12-3-4-16-21(12)2/h3-7H,8H2,1-2H3,(H,20,23)(H2,15,18,19). The van der Waals surface area contributed by atoms with Crippen LogP contribution in [0, 0.1) is 6.92 Å². The third-order valence-corrected chi connectivity index (χ3v) is 3.19. The molecule has 3 aromatic heterocycles. The molecule has 0 saturated heterocycles. The van der Waals surface area contributed by atoms with Gasteiger partial charge in [-0.05, 0) is 13.0 Å². The molecule has 0 unspecified atom stereocenters. The Morgan fingerprint density at radius 3 is 2.87 bits per heavy atom. The van der Waals surface area contributed by atoms with E-state index in [0.29, 0.717) is 11.5 Å². The number of amides is 1. The first-order chi connectivity index (χ1) is 11.0. The van der Waals surface area contributed by atoms with Crippen LogP contribution < -0.4 is 11.1 Å². The van der Waals surface area contributed by atoms with Gasteiger partial charge in [-0.25, -0.2) is 9.97 Å². The molecule has 118 valence electrons. The fraction of sp³-hybridized carbons (Fsp3) is 0.214. The lowest BCUT2D eigenvalue weighted by Gasteiger charge is -2.05. The van der Waals surface area contributed by atoms with Crippen LogP contribution in [0.25, 0.3) is 11.3 Å². The number of nitrogens with zero attached hydrogens (tertiary/aromatic N) is 6. The Labute approximate surface area is 132 Å². The number of nitrogen functional groups attached to an aromatic ring is 1. The van der Waals surface area contributed by atoms with Crippen LogP contribution in [0.2, 0.25) is 0 Å². The van der Waals surface area contributed by atoms with Crippen LogP contribution in [0.5, 0.6) is 0 Å². The van der Waals surface area contributed by atoms with Gasteiger partial charge in [0.2, 0.25) is 11.9 Å². The highest BCUT2D eigenvalue weighted by Crippen LogP contribution is 2.17. The number of hydrogen-bond acceptors (Lipinski definition) is 6. The normalized spacial score (nSPS) is 10.7. The summed E-state index contributed by atoms with van der Waals surface area (Å²) in [6.45, 7) is 1.93. The van der Waals surface area contributed by atoms with Crippen molar-refractivity contribution in [2.45, 2.75) is 13.5 Å². The van der Waals surface area contributed by atoms with Gasteiger partial charge in [0.25, 0.3) is 0 Å². The van der Waals surface area contributed by atoms with Crippen LogP contribution in [0.4, 0.5) is 11.8 Å². The maximum atomic E-state index is 12.0. The van der Waals surface area contributed by atoms with Gasteiger partial charge in [-0.1, -0.05) is 0 Å². The van der Waals surface area contributed by atoms with E-state index < -0.39 is 0 Å². The van der Waals surface area contributed by atoms with E-state index in [9.17, 15) is 4.79 Å². The van der Waals surface area contributed by atoms with Crippen molar-refractivity contribution in [1.82, 2.24) is 29.5 Å². The van der Waals surface area contributed by atoms with Gasteiger partial charge in [-0.15, -0.1) is 0 Å². The number of hydrogen-bond donors (Lipinski definition) is 2. The smallest absolute Gasteiger partial charge is 0.247 e. The molecular formula is C14H16N8O. The Morgan fingerprint density at radius 2 is 2.17 bits per heavy atom. The fourth-order valence-corrected chi connectivity index (χ4v) is 2.15. The number of rotatable bonds is 4. The molecule has 9 nitrogen and oxygen atoms in total. The molecule has 0 saturated carbocycles. The predicted octanol–water partition coefficient (Wildman–Crippen LogP) is 0.603. The van der Waals surface area contributed by atoms with Crippen molar-refractivity contribution < 1.29 is 4.79 Å². The zero-order valence-electron chi connectivity index (χ0n) is 12.8. The van der Waals surface area contributed by atoms with Gasteiger partial charge in [0.05, 0.1) is 18.1 Å². The van der Waals surface area contributed by atoms with Gasteiger partial charge in [-0.2, -0.15) is 10.2 Å². The minimum atomic E-state index is -0.193. The number of carbonyl (C=O) groups is 1. The molecular weight excluding hydrogens is 296 g/mol. The molecule has 3 rings (SSSR count). The van der Waals surface area contributed by atoms with Crippen molar-refractivity contribution in [3.05, 3.63) is 36.4 Å². The Hall–Kier alpha value is -3.23. The zero-order chi connectivity index (χ0) is 16.4. The van der Waals surface area contributed by atoms with Crippen molar-refractivity contribution in [2.75, 3.05) is 11.1 Å². The van der Waals surface area contributed by atoms with E-state index in [1.54, 1.807) is 36.4 Å². The average molecular weight is 312 g/mol. The SMILES string of the molecule is Cc1cc(-c2cnn(CC(=O)Nc3ccnn3C)c2)nc(N)n1. The molecule has 3 N–H and O–H groups in total. The molecule has 0 fully saturated rings. The zero-order valence-corrected chi connectivity index (χ0v) is 12.8. The van der Waals surface area contributed by atoms with Crippen molar-refractivity contribution in [2.24, 2.45) is 7.05 Å². The number of nitrogens with two attached hydrogens (primary N) is 1. The largest absolute Gasteiger partial charge is 0.368 e. The van der Waals surface area contributed by atoms with Crippen molar-refractivity contribution in [3.8, 4) is 11.3 Å². The van der Waals surface area contributed by atoms with Crippen molar-refractivity contribution in [3.63, 3.8) is 0 Å². The summed E-state index contributed by atoms with van der Waals surface area (Å²) in [6, 6.07) is 3.53. The first-order valence-electron chi connectivity index (χ1n) is 6.93. The van der Waals surface area contributed by atoms with E-state index in [4.69, 9.17) is 5.73 Å². The molecule has 23 heavy (non-hydrogen) atoms. The van der Waals surface area contributed by atoms with Crippen LogP contribution >= 0.6 is 0 Å². The topological polar surface area (TPSA) is 117 Å². The van der Waals surface area contributed by atoms with Crippen molar-refractivity contribution >= 4 is 17.7 Å². The number of carbonyl (C=O) groups excluding carboxylic acids is 1. The summed E-state index contributed by atoms with van der Waals surface area (Å²) < 4.78 is 3.12. The summed E-state index contributed by atoms with van der Waals surface area (Å²) in [4.78, 5) is 20.2.